The third kappa shape index (κ3) is 2.39. The standard InChI is InChI=1S/C11H14ClNO3/c12-10-2-1-9(16-10)11(15)13-5-3-8(7-13)4-6-14/h1-2,8,14H,3-7H2. The van der Waals surface area contributed by atoms with Crippen molar-refractivity contribution in [3.63, 3.8) is 0 Å². The van der Waals surface area contributed by atoms with Gasteiger partial charge in [-0.2, -0.15) is 0 Å². The summed E-state index contributed by atoms with van der Waals surface area (Å²) in [6.45, 7) is 1.60. The molecule has 2 rings (SSSR count). The summed E-state index contributed by atoms with van der Waals surface area (Å²) in [6.07, 6.45) is 1.70. The molecule has 0 radical (unpaired) electrons. The van der Waals surface area contributed by atoms with E-state index in [1.165, 1.54) is 0 Å². The molecule has 88 valence electrons. The summed E-state index contributed by atoms with van der Waals surface area (Å²) < 4.78 is 5.08. The number of carbonyl (C=O) groups excluding carboxylic acids is 1. The molecule has 1 aromatic rings. The van der Waals surface area contributed by atoms with Crippen molar-refractivity contribution in [2.24, 2.45) is 5.92 Å². The molecule has 1 amide bonds. The molecule has 1 unspecified atom stereocenters. The Hall–Kier alpha value is -1.00. The van der Waals surface area contributed by atoms with Gasteiger partial charge in [-0.25, -0.2) is 0 Å². The second-order valence-corrected chi connectivity index (χ2v) is 4.39. The van der Waals surface area contributed by atoms with Crippen molar-refractivity contribution in [2.45, 2.75) is 12.8 Å². The van der Waals surface area contributed by atoms with E-state index in [0.29, 0.717) is 12.5 Å². The number of aliphatic hydroxyl groups is 1. The van der Waals surface area contributed by atoms with E-state index in [0.717, 1.165) is 19.4 Å². The fourth-order valence-corrected chi connectivity index (χ4v) is 2.17. The minimum atomic E-state index is -0.118. The van der Waals surface area contributed by atoms with E-state index < -0.39 is 0 Å². The van der Waals surface area contributed by atoms with Crippen LogP contribution in [0.5, 0.6) is 0 Å². The molecule has 1 fully saturated rings. The van der Waals surface area contributed by atoms with E-state index in [9.17, 15) is 4.79 Å². The van der Waals surface area contributed by atoms with E-state index in [-0.39, 0.29) is 23.5 Å². The van der Waals surface area contributed by atoms with Crippen LogP contribution in [0.4, 0.5) is 0 Å². The molecule has 16 heavy (non-hydrogen) atoms. The fourth-order valence-electron chi connectivity index (χ4n) is 2.02. The van der Waals surface area contributed by atoms with Crippen molar-refractivity contribution in [1.29, 1.82) is 0 Å². The van der Waals surface area contributed by atoms with Crippen LogP contribution in [-0.4, -0.2) is 35.6 Å². The largest absolute Gasteiger partial charge is 0.440 e. The first kappa shape index (κ1) is 11.5. The number of likely N-dealkylation sites (tertiary alicyclic amines) is 1. The highest BCUT2D eigenvalue weighted by Crippen LogP contribution is 2.22. The van der Waals surface area contributed by atoms with Crippen LogP contribution in [0, 0.1) is 5.92 Å². The molecule has 1 aliphatic heterocycles. The van der Waals surface area contributed by atoms with Crippen LogP contribution in [0.1, 0.15) is 23.4 Å². The molecule has 2 heterocycles. The second kappa shape index (κ2) is 4.89. The number of halogens is 1. The van der Waals surface area contributed by atoms with Gasteiger partial charge in [0.1, 0.15) is 0 Å². The average molecular weight is 244 g/mol. The molecule has 0 saturated carbocycles. The van der Waals surface area contributed by atoms with Gasteiger partial charge < -0.3 is 14.4 Å². The molecule has 5 heteroatoms. The minimum absolute atomic E-state index is 0.118. The molecule has 1 aliphatic rings. The van der Waals surface area contributed by atoms with Crippen molar-refractivity contribution in [2.75, 3.05) is 19.7 Å². The molecular formula is C11H14ClNO3. The Bertz CT molecular complexity index is 377. The van der Waals surface area contributed by atoms with Gasteiger partial charge in [0.05, 0.1) is 0 Å². The molecule has 1 atom stereocenters. The van der Waals surface area contributed by atoms with E-state index in [1.807, 2.05) is 0 Å². The van der Waals surface area contributed by atoms with Gasteiger partial charge in [0, 0.05) is 19.7 Å². The Labute approximate surface area is 98.8 Å². The summed E-state index contributed by atoms with van der Waals surface area (Å²) in [7, 11) is 0. The number of amides is 1. The second-order valence-electron chi connectivity index (χ2n) is 4.02. The van der Waals surface area contributed by atoms with Crippen molar-refractivity contribution in [3.8, 4) is 0 Å². The van der Waals surface area contributed by atoms with Gasteiger partial charge in [-0.1, -0.05) is 0 Å². The monoisotopic (exact) mass is 243 g/mol. The predicted octanol–water partition coefficient (Wildman–Crippen LogP) is 1.78. The molecular weight excluding hydrogens is 230 g/mol. The summed E-state index contributed by atoms with van der Waals surface area (Å²) in [4.78, 5) is 13.7. The third-order valence-corrected chi connectivity index (χ3v) is 3.10. The topological polar surface area (TPSA) is 53.7 Å². The summed E-state index contributed by atoms with van der Waals surface area (Å²) in [5, 5.41) is 9.06. The van der Waals surface area contributed by atoms with Gasteiger partial charge in [-0.15, -0.1) is 0 Å². The number of nitrogens with zero attached hydrogens (tertiary/aromatic N) is 1. The normalized spacial score (nSPS) is 20.4. The SMILES string of the molecule is O=C(c1ccc(Cl)o1)N1CCC(CCO)C1. The van der Waals surface area contributed by atoms with Crippen LogP contribution in [0.3, 0.4) is 0 Å². The van der Waals surface area contributed by atoms with E-state index in [2.05, 4.69) is 0 Å². The number of hydrogen-bond acceptors (Lipinski definition) is 3. The minimum Gasteiger partial charge on any atom is -0.440 e. The van der Waals surface area contributed by atoms with Crippen molar-refractivity contribution < 1.29 is 14.3 Å². The van der Waals surface area contributed by atoms with Gasteiger partial charge >= 0.3 is 0 Å². The van der Waals surface area contributed by atoms with Gasteiger partial charge in [0.25, 0.3) is 5.91 Å². The maximum atomic E-state index is 11.9. The van der Waals surface area contributed by atoms with Gasteiger partial charge in [0.15, 0.2) is 11.0 Å². The molecule has 1 saturated heterocycles. The first-order valence-corrected chi connectivity index (χ1v) is 5.74. The quantitative estimate of drug-likeness (QED) is 0.881. The predicted molar refractivity (Wildman–Crippen MR) is 59.4 cm³/mol. The van der Waals surface area contributed by atoms with Gasteiger partial charge in [-0.05, 0) is 42.5 Å². The molecule has 1 aromatic heterocycles. The Morgan fingerprint density at radius 1 is 1.62 bits per heavy atom. The lowest BCUT2D eigenvalue weighted by molar-refractivity contribution is 0.0753. The molecule has 0 spiro atoms. The Kier molecular flexibility index (Phi) is 3.51. The Morgan fingerprint density at radius 3 is 3.06 bits per heavy atom. The lowest BCUT2D eigenvalue weighted by atomic mass is 10.1. The van der Waals surface area contributed by atoms with E-state index >= 15 is 0 Å². The number of rotatable bonds is 3. The zero-order valence-electron chi connectivity index (χ0n) is 8.86. The van der Waals surface area contributed by atoms with Crippen LogP contribution < -0.4 is 0 Å². The summed E-state index contributed by atoms with van der Waals surface area (Å²) in [5.74, 6) is 0.571. The summed E-state index contributed by atoms with van der Waals surface area (Å²) in [5.41, 5.74) is 0. The maximum absolute atomic E-state index is 11.9. The highest BCUT2D eigenvalue weighted by atomic mass is 35.5. The van der Waals surface area contributed by atoms with E-state index in [4.69, 9.17) is 21.1 Å². The van der Waals surface area contributed by atoms with Crippen molar-refractivity contribution >= 4 is 17.5 Å². The van der Waals surface area contributed by atoms with Crippen LogP contribution in [0.2, 0.25) is 5.22 Å². The zero-order valence-corrected chi connectivity index (χ0v) is 9.61. The third-order valence-electron chi connectivity index (χ3n) is 2.89. The lowest BCUT2D eigenvalue weighted by Gasteiger charge is -2.14. The fraction of sp³-hybridized carbons (Fsp3) is 0.545. The van der Waals surface area contributed by atoms with Crippen molar-refractivity contribution in [3.05, 3.63) is 23.1 Å². The van der Waals surface area contributed by atoms with E-state index in [1.54, 1.807) is 17.0 Å². The Morgan fingerprint density at radius 2 is 2.44 bits per heavy atom. The first-order chi connectivity index (χ1) is 7.70. The maximum Gasteiger partial charge on any atom is 0.289 e. The summed E-state index contributed by atoms with van der Waals surface area (Å²) >= 11 is 5.62. The molecule has 0 aromatic carbocycles. The average Bonchev–Trinajstić information content (AvgIpc) is 2.87. The molecule has 4 nitrogen and oxygen atoms in total. The highest BCUT2D eigenvalue weighted by molar-refractivity contribution is 6.29. The number of aliphatic hydroxyl groups excluding tert-OH is 1. The summed E-state index contributed by atoms with van der Waals surface area (Å²) in [6, 6.07) is 3.15. The molecule has 1 N–H and O–H groups in total. The van der Waals surface area contributed by atoms with Gasteiger partial charge in [0.2, 0.25) is 0 Å². The van der Waals surface area contributed by atoms with Gasteiger partial charge in [-0.3, -0.25) is 4.79 Å². The highest BCUT2D eigenvalue weighted by Gasteiger charge is 2.27. The zero-order chi connectivity index (χ0) is 11.5. The first-order valence-electron chi connectivity index (χ1n) is 5.36. The number of hydrogen-bond donors (Lipinski definition) is 1. The van der Waals surface area contributed by atoms with Crippen LogP contribution in [0.25, 0.3) is 0 Å². The van der Waals surface area contributed by atoms with Crippen LogP contribution in [-0.2, 0) is 0 Å². The van der Waals surface area contributed by atoms with Crippen LogP contribution >= 0.6 is 11.6 Å². The smallest absolute Gasteiger partial charge is 0.289 e. The molecule has 0 bridgehead atoms. The Balaban J connectivity index is 1.97. The number of carbonyl (C=O) groups is 1. The number of furan rings is 1. The molecule has 0 aliphatic carbocycles. The van der Waals surface area contributed by atoms with Crippen LogP contribution in [0.15, 0.2) is 16.5 Å². The lowest BCUT2D eigenvalue weighted by Crippen LogP contribution is -2.28. The van der Waals surface area contributed by atoms with Crippen molar-refractivity contribution in [1.82, 2.24) is 4.90 Å².